The van der Waals surface area contributed by atoms with E-state index in [9.17, 15) is 0 Å². The summed E-state index contributed by atoms with van der Waals surface area (Å²) in [5, 5.41) is 3.98. The van der Waals surface area contributed by atoms with Crippen LogP contribution in [0.25, 0.3) is 11.1 Å². The van der Waals surface area contributed by atoms with Gasteiger partial charge in [0, 0.05) is 11.1 Å². The maximum absolute atomic E-state index is 6.35. The highest BCUT2D eigenvalue weighted by Gasteiger charge is 2.08. The van der Waals surface area contributed by atoms with Crippen molar-refractivity contribution in [2.75, 3.05) is 14.2 Å². The highest BCUT2D eigenvalue weighted by molar-refractivity contribution is 6.31. The van der Waals surface area contributed by atoms with Crippen molar-refractivity contribution < 1.29 is 4.74 Å². The van der Waals surface area contributed by atoms with E-state index >= 15 is 0 Å². The monoisotopic (exact) mass is 275 g/mol. The van der Waals surface area contributed by atoms with Crippen LogP contribution in [-0.2, 0) is 0 Å². The van der Waals surface area contributed by atoms with Crippen LogP contribution in [0.4, 0.5) is 0 Å². The summed E-state index contributed by atoms with van der Waals surface area (Å²) < 4.78 is 5.16. The van der Waals surface area contributed by atoms with E-state index in [1.165, 1.54) is 0 Å². The van der Waals surface area contributed by atoms with Gasteiger partial charge in [0.1, 0.15) is 5.75 Å². The Balaban J connectivity index is 2.33. The molecule has 1 N–H and O–H groups in total. The van der Waals surface area contributed by atoms with Gasteiger partial charge < -0.3 is 10.1 Å². The van der Waals surface area contributed by atoms with Crippen molar-refractivity contribution in [3.05, 3.63) is 53.1 Å². The summed E-state index contributed by atoms with van der Waals surface area (Å²) in [5.74, 6) is 0.857. The minimum absolute atomic E-state index is 0.248. The first kappa shape index (κ1) is 13.9. The molecule has 0 amide bonds. The molecule has 2 aromatic rings. The van der Waals surface area contributed by atoms with Gasteiger partial charge in [-0.25, -0.2) is 0 Å². The molecule has 2 rings (SSSR count). The van der Waals surface area contributed by atoms with E-state index in [0.29, 0.717) is 0 Å². The second-order valence-electron chi connectivity index (χ2n) is 4.48. The molecule has 19 heavy (non-hydrogen) atoms. The van der Waals surface area contributed by atoms with E-state index in [0.717, 1.165) is 27.5 Å². The molecule has 2 aromatic carbocycles. The van der Waals surface area contributed by atoms with E-state index in [1.54, 1.807) is 7.11 Å². The normalized spacial score (nSPS) is 12.2. The van der Waals surface area contributed by atoms with Gasteiger partial charge in [-0.05, 0) is 48.9 Å². The third-order valence-corrected chi connectivity index (χ3v) is 3.65. The van der Waals surface area contributed by atoms with Crippen LogP contribution >= 0.6 is 11.6 Å². The van der Waals surface area contributed by atoms with Crippen molar-refractivity contribution in [3.63, 3.8) is 0 Å². The van der Waals surface area contributed by atoms with E-state index in [2.05, 4.69) is 24.4 Å². The van der Waals surface area contributed by atoms with Gasteiger partial charge >= 0.3 is 0 Å². The number of halogens is 1. The Kier molecular flexibility index (Phi) is 4.46. The molecule has 0 fully saturated rings. The van der Waals surface area contributed by atoms with Crippen LogP contribution in [0.5, 0.6) is 5.75 Å². The summed E-state index contributed by atoms with van der Waals surface area (Å²) in [7, 11) is 3.60. The van der Waals surface area contributed by atoms with Crippen molar-refractivity contribution in [2.24, 2.45) is 0 Å². The number of methoxy groups -OCH3 is 1. The number of hydrogen-bond donors (Lipinski definition) is 1. The summed E-state index contributed by atoms with van der Waals surface area (Å²) >= 11 is 6.35. The van der Waals surface area contributed by atoms with E-state index in [4.69, 9.17) is 16.3 Å². The molecule has 0 saturated heterocycles. The maximum atomic E-state index is 6.35. The quantitative estimate of drug-likeness (QED) is 0.898. The number of hydrogen-bond acceptors (Lipinski definition) is 2. The predicted molar refractivity (Wildman–Crippen MR) is 80.9 cm³/mol. The highest BCUT2D eigenvalue weighted by Crippen LogP contribution is 2.29. The van der Waals surface area contributed by atoms with Gasteiger partial charge in [-0.3, -0.25) is 0 Å². The number of benzene rings is 2. The van der Waals surface area contributed by atoms with Crippen molar-refractivity contribution >= 4 is 11.6 Å². The zero-order valence-corrected chi connectivity index (χ0v) is 12.2. The molecule has 1 unspecified atom stereocenters. The zero-order valence-electron chi connectivity index (χ0n) is 11.4. The summed E-state index contributed by atoms with van der Waals surface area (Å²) in [6, 6.07) is 14.4. The lowest BCUT2D eigenvalue weighted by Crippen LogP contribution is -2.12. The average molecular weight is 276 g/mol. The first-order valence-electron chi connectivity index (χ1n) is 6.27. The van der Waals surface area contributed by atoms with Gasteiger partial charge in [0.15, 0.2) is 0 Å². The standard InChI is InChI=1S/C16H18ClNO/c1-11(18-2)15-9-6-13(10-16(15)17)12-4-7-14(19-3)8-5-12/h4-11,18H,1-3H3. The first-order valence-corrected chi connectivity index (χ1v) is 6.64. The van der Waals surface area contributed by atoms with E-state index in [-0.39, 0.29) is 6.04 Å². The molecule has 0 heterocycles. The van der Waals surface area contributed by atoms with Gasteiger partial charge in [-0.2, -0.15) is 0 Å². The minimum atomic E-state index is 0.248. The van der Waals surface area contributed by atoms with Crippen LogP contribution in [0.2, 0.25) is 5.02 Å². The van der Waals surface area contributed by atoms with Crippen LogP contribution in [0.1, 0.15) is 18.5 Å². The van der Waals surface area contributed by atoms with Crippen LogP contribution in [0.3, 0.4) is 0 Å². The number of ether oxygens (including phenoxy) is 1. The Morgan fingerprint density at radius 1 is 1.05 bits per heavy atom. The van der Waals surface area contributed by atoms with Gasteiger partial charge in [0.25, 0.3) is 0 Å². The maximum Gasteiger partial charge on any atom is 0.118 e. The summed E-state index contributed by atoms with van der Waals surface area (Å²) in [5.41, 5.74) is 3.35. The Bertz CT molecular complexity index is 551. The molecule has 0 spiro atoms. The molecule has 0 aliphatic rings. The fourth-order valence-corrected chi connectivity index (χ4v) is 2.34. The zero-order chi connectivity index (χ0) is 13.8. The molecule has 0 aliphatic carbocycles. The average Bonchev–Trinajstić information content (AvgIpc) is 2.46. The molecule has 3 heteroatoms. The number of rotatable bonds is 4. The van der Waals surface area contributed by atoms with E-state index < -0.39 is 0 Å². The summed E-state index contributed by atoms with van der Waals surface area (Å²) in [6.07, 6.45) is 0. The van der Waals surface area contributed by atoms with Crippen molar-refractivity contribution in [1.82, 2.24) is 5.32 Å². The van der Waals surface area contributed by atoms with Crippen LogP contribution in [-0.4, -0.2) is 14.2 Å². The largest absolute Gasteiger partial charge is 0.497 e. The second-order valence-corrected chi connectivity index (χ2v) is 4.88. The molecule has 1 atom stereocenters. The fourth-order valence-electron chi connectivity index (χ4n) is 2.00. The third-order valence-electron chi connectivity index (χ3n) is 3.32. The van der Waals surface area contributed by atoms with Crippen molar-refractivity contribution in [2.45, 2.75) is 13.0 Å². The lowest BCUT2D eigenvalue weighted by Gasteiger charge is -2.14. The first-order chi connectivity index (χ1) is 9.15. The summed E-state index contributed by atoms with van der Waals surface area (Å²) in [4.78, 5) is 0. The van der Waals surface area contributed by atoms with Gasteiger partial charge in [-0.15, -0.1) is 0 Å². The Labute approximate surface area is 119 Å². The Morgan fingerprint density at radius 3 is 2.21 bits per heavy atom. The van der Waals surface area contributed by atoms with Crippen LogP contribution in [0.15, 0.2) is 42.5 Å². The fraction of sp³-hybridized carbons (Fsp3) is 0.250. The Hall–Kier alpha value is -1.51. The predicted octanol–water partition coefficient (Wildman–Crippen LogP) is 4.30. The molecule has 0 bridgehead atoms. The molecular weight excluding hydrogens is 258 g/mol. The molecule has 0 saturated carbocycles. The smallest absolute Gasteiger partial charge is 0.118 e. The minimum Gasteiger partial charge on any atom is -0.497 e. The molecule has 0 radical (unpaired) electrons. The lowest BCUT2D eigenvalue weighted by atomic mass is 10.0. The summed E-state index contributed by atoms with van der Waals surface area (Å²) in [6.45, 7) is 2.09. The van der Waals surface area contributed by atoms with Gasteiger partial charge in [-0.1, -0.05) is 35.9 Å². The van der Waals surface area contributed by atoms with Crippen LogP contribution < -0.4 is 10.1 Å². The Morgan fingerprint density at radius 2 is 1.68 bits per heavy atom. The van der Waals surface area contributed by atoms with Gasteiger partial charge in [0.2, 0.25) is 0 Å². The van der Waals surface area contributed by atoms with Crippen molar-refractivity contribution in [1.29, 1.82) is 0 Å². The lowest BCUT2D eigenvalue weighted by molar-refractivity contribution is 0.415. The van der Waals surface area contributed by atoms with E-state index in [1.807, 2.05) is 37.4 Å². The SMILES string of the molecule is CNC(C)c1ccc(-c2ccc(OC)cc2)cc1Cl. The van der Waals surface area contributed by atoms with Gasteiger partial charge in [0.05, 0.1) is 7.11 Å². The highest BCUT2D eigenvalue weighted by atomic mass is 35.5. The van der Waals surface area contributed by atoms with Crippen LogP contribution in [0, 0.1) is 0 Å². The molecule has 100 valence electrons. The molecule has 2 nitrogen and oxygen atoms in total. The van der Waals surface area contributed by atoms with Crippen molar-refractivity contribution in [3.8, 4) is 16.9 Å². The third kappa shape index (κ3) is 3.09. The number of nitrogens with one attached hydrogen (secondary N) is 1. The molecule has 0 aromatic heterocycles. The topological polar surface area (TPSA) is 21.3 Å². The second kappa shape index (κ2) is 6.09. The molecule has 0 aliphatic heterocycles. The molecular formula is C16H18ClNO.